The van der Waals surface area contributed by atoms with E-state index >= 15 is 0 Å². The van der Waals surface area contributed by atoms with Crippen LogP contribution in [0.4, 0.5) is 0 Å². The molecule has 2 rings (SSSR count). The Bertz CT molecular complexity index is 441. The van der Waals surface area contributed by atoms with Gasteiger partial charge in [-0.2, -0.15) is 0 Å². The fourth-order valence-electron chi connectivity index (χ4n) is 3.17. The van der Waals surface area contributed by atoms with Crippen LogP contribution in [0.15, 0.2) is 24.3 Å². The van der Waals surface area contributed by atoms with Crippen LogP contribution in [-0.2, 0) is 0 Å². The molecule has 0 radical (unpaired) electrons. The molecule has 3 heteroatoms. The van der Waals surface area contributed by atoms with Crippen LogP contribution in [0.25, 0.3) is 0 Å². The fraction of sp³-hybridized carbons (Fsp3) is 0.682. The monoisotopic (exact) mass is 365 g/mol. The van der Waals surface area contributed by atoms with Gasteiger partial charge < -0.3 is 9.64 Å². The van der Waals surface area contributed by atoms with Gasteiger partial charge >= 0.3 is 0 Å². The van der Waals surface area contributed by atoms with E-state index < -0.39 is 0 Å². The van der Waals surface area contributed by atoms with E-state index in [2.05, 4.69) is 42.4 Å². The van der Waals surface area contributed by atoms with E-state index in [1.807, 2.05) is 27.7 Å². The maximum absolute atomic E-state index is 5.51. The Hall–Kier alpha value is -0.850. The topological polar surface area (TPSA) is 12.5 Å². The summed E-state index contributed by atoms with van der Waals surface area (Å²) < 4.78 is 5.51. The van der Waals surface area contributed by atoms with Crippen molar-refractivity contribution in [2.45, 2.75) is 71.9 Å². The molecule has 1 fully saturated rings. The van der Waals surface area contributed by atoms with E-state index in [1.165, 1.54) is 59.1 Å². The molecule has 1 unspecified atom stereocenters. The maximum atomic E-state index is 5.51. The molecule has 0 aliphatic carbocycles. The van der Waals surface area contributed by atoms with Gasteiger partial charge in [0.05, 0.1) is 7.11 Å². The van der Waals surface area contributed by atoms with Crippen LogP contribution in [0.2, 0.25) is 0 Å². The van der Waals surface area contributed by atoms with Crippen molar-refractivity contribution < 1.29 is 4.74 Å². The number of ether oxygens (including phenoxy) is 1. The lowest BCUT2D eigenvalue weighted by Gasteiger charge is -2.32. The molecule has 0 aromatic heterocycles. The number of hydrogen-bond donors (Lipinski definition) is 0. The van der Waals surface area contributed by atoms with Crippen molar-refractivity contribution in [2.24, 2.45) is 0 Å². The molecule has 0 bridgehead atoms. The van der Waals surface area contributed by atoms with E-state index in [4.69, 9.17) is 4.74 Å². The minimum Gasteiger partial charge on any atom is -0.496 e. The third-order valence-electron chi connectivity index (χ3n) is 4.57. The Morgan fingerprint density at radius 3 is 2.32 bits per heavy atom. The molecule has 1 heterocycles. The third-order valence-corrected chi connectivity index (χ3v) is 5.46. The first-order valence-electron chi connectivity index (χ1n) is 10.1. The van der Waals surface area contributed by atoms with Gasteiger partial charge in [0.25, 0.3) is 0 Å². The summed E-state index contributed by atoms with van der Waals surface area (Å²) in [6, 6.07) is 8.50. The molecule has 1 aliphatic heterocycles. The smallest absolute Gasteiger partial charge is 0.122 e. The predicted octanol–water partition coefficient (Wildman–Crippen LogP) is 6.47. The number of rotatable bonds is 7. The average molecular weight is 366 g/mol. The zero-order chi connectivity index (χ0) is 19.1. The standard InChI is InChI=1S/C18H28NOP.2C2H6/c1-15(21-3)7-6-12-19-13-10-16(11-14-19)17-8-4-5-9-18(17)20-2;2*1-2/h4-5,8-9,15-16H,3,6-7,10-14H2,1-2H3;2*1-2H3. The van der Waals surface area contributed by atoms with Crippen molar-refractivity contribution in [3.05, 3.63) is 29.8 Å². The van der Waals surface area contributed by atoms with Crippen molar-refractivity contribution in [1.82, 2.24) is 4.90 Å². The molecular formula is C22H40NOP. The van der Waals surface area contributed by atoms with Gasteiger partial charge in [0, 0.05) is 0 Å². The summed E-state index contributed by atoms with van der Waals surface area (Å²) in [5.74, 6) is 1.72. The van der Waals surface area contributed by atoms with E-state index in [0.717, 1.165) is 11.4 Å². The van der Waals surface area contributed by atoms with E-state index in [0.29, 0.717) is 5.92 Å². The van der Waals surface area contributed by atoms with Gasteiger partial charge in [-0.1, -0.05) is 59.1 Å². The largest absolute Gasteiger partial charge is 0.496 e. The number of methoxy groups -OCH3 is 1. The highest BCUT2D eigenvalue weighted by Gasteiger charge is 2.22. The number of piperidine rings is 1. The average Bonchev–Trinajstić information content (AvgIpc) is 2.71. The summed E-state index contributed by atoms with van der Waals surface area (Å²) in [6.45, 7) is 14.0. The van der Waals surface area contributed by atoms with Gasteiger partial charge in [0.15, 0.2) is 0 Å². The molecule has 1 aliphatic rings. The van der Waals surface area contributed by atoms with Gasteiger partial charge in [0.2, 0.25) is 0 Å². The second kappa shape index (κ2) is 15.4. The highest BCUT2D eigenvalue weighted by molar-refractivity contribution is 7.37. The fourth-order valence-corrected chi connectivity index (χ4v) is 3.54. The van der Waals surface area contributed by atoms with Crippen molar-refractivity contribution in [1.29, 1.82) is 0 Å². The molecule has 1 atom stereocenters. The summed E-state index contributed by atoms with van der Waals surface area (Å²) in [4.78, 5) is 2.62. The van der Waals surface area contributed by atoms with Gasteiger partial charge in [-0.15, -0.1) is 8.20 Å². The van der Waals surface area contributed by atoms with Gasteiger partial charge in [0.1, 0.15) is 5.75 Å². The molecule has 25 heavy (non-hydrogen) atoms. The molecule has 1 aromatic carbocycles. The first-order chi connectivity index (χ1) is 12.2. The second-order valence-electron chi connectivity index (χ2n) is 6.03. The number of para-hydroxylation sites is 1. The SMILES string of the molecule is C=PC(C)CCCN1CCC(c2ccccc2OC)CC1.CC.CC. The van der Waals surface area contributed by atoms with Crippen LogP contribution in [0, 0.1) is 0 Å². The van der Waals surface area contributed by atoms with E-state index in [9.17, 15) is 0 Å². The first kappa shape index (κ1) is 24.1. The summed E-state index contributed by atoms with van der Waals surface area (Å²) in [5, 5.41) is 0. The van der Waals surface area contributed by atoms with Crippen molar-refractivity contribution in [3.63, 3.8) is 0 Å². The minimum atomic E-state index is 0.662. The zero-order valence-electron chi connectivity index (χ0n) is 17.4. The van der Waals surface area contributed by atoms with Gasteiger partial charge in [-0.3, -0.25) is 0 Å². The number of nitrogens with zero attached hydrogens (tertiary/aromatic N) is 1. The van der Waals surface area contributed by atoms with Gasteiger partial charge in [-0.05, 0) is 68.5 Å². The normalized spacial score (nSPS) is 16.2. The highest BCUT2D eigenvalue weighted by Crippen LogP contribution is 2.34. The zero-order valence-corrected chi connectivity index (χ0v) is 18.3. The molecule has 0 amide bonds. The molecular weight excluding hydrogens is 325 g/mol. The highest BCUT2D eigenvalue weighted by atomic mass is 31.1. The van der Waals surface area contributed by atoms with E-state index in [-0.39, 0.29) is 0 Å². The van der Waals surface area contributed by atoms with Crippen LogP contribution in [0.5, 0.6) is 5.75 Å². The van der Waals surface area contributed by atoms with Crippen LogP contribution in [-0.4, -0.2) is 43.6 Å². The van der Waals surface area contributed by atoms with E-state index in [1.54, 1.807) is 7.11 Å². The molecule has 1 saturated heterocycles. The lowest BCUT2D eigenvalue weighted by Crippen LogP contribution is -2.33. The Labute approximate surface area is 158 Å². The summed E-state index contributed by atoms with van der Waals surface area (Å²) in [7, 11) is 3.06. The Kier molecular flexibility index (Phi) is 14.9. The number of benzene rings is 1. The molecule has 144 valence electrons. The second-order valence-corrected chi connectivity index (χ2v) is 7.28. The first-order valence-corrected chi connectivity index (χ1v) is 11.2. The number of likely N-dealkylation sites (tertiary alicyclic amines) is 1. The van der Waals surface area contributed by atoms with Crippen LogP contribution in [0.3, 0.4) is 0 Å². The quantitative estimate of drug-likeness (QED) is 0.513. The third kappa shape index (κ3) is 8.88. The minimum absolute atomic E-state index is 0.662. The van der Waals surface area contributed by atoms with Crippen molar-refractivity contribution in [2.75, 3.05) is 26.7 Å². The molecule has 1 aromatic rings. The van der Waals surface area contributed by atoms with Gasteiger partial charge in [-0.25, -0.2) is 0 Å². The molecule has 0 saturated carbocycles. The molecule has 2 nitrogen and oxygen atoms in total. The van der Waals surface area contributed by atoms with Crippen molar-refractivity contribution in [3.8, 4) is 5.75 Å². The summed E-state index contributed by atoms with van der Waals surface area (Å²) in [5.41, 5.74) is 2.14. The lowest BCUT2D eigenvalue weighted by molar-refractivity contribution is 0.207. The summed E-state index contributed by atoms with van der Waals surface area (Å²) >= 11 is 0. The lowest BCUT2D eigenvalue weighted by atomic mass is 9.88. The van der Waals surface area contributed by atoms with Crippen LogP contribution in [0.1, 0.15) is 71.8 Å². The Morgan fingerprint density at radius 1 is 1.16 bits per heavy atom. The Morgan fingerprint density at radius 2 is 1.76 bits per heavy atom. The van der Waals surface area contributed by atoms with Crippen LogP contribution >= 0.6 is 8.20 Å². The van der Waals surface area contributed by atoms with Crippen molar-refractivity contribution >= 4 is 14.5 Å². The molecule has 0 spiro atoms. The summed E-state index contributed by atoms with van der Waals surface area (Å²) in [6.07, 6.45) is 9.08. The Balaban J connectivity index is 0.00000134. The maximum Gasteiger partial charge on any atom is 0.122 e. The molecule has 0 N–H and O–H groups in total. The number of hydrogen-bond acceptors (Lipinski definition) is 2. The van der Waals surface area contributed by atoms with Crippen LogP contribution < -0.4 is 4.74 Å². The predicted molar refractivity (Wildman–Crippen MR) is 117 cm³/mol.